The number of likely N-dealkylation sites (N-methyl/N-ethyl adjacent to an activating group) is 1. The number of sulfonamides is 1. The maximum absolute atomic E-state index is 12.4. The molecule has 1 unspecified atom stereocenters. The van der Waals surface area contributed by atoms with Crippen LogP contribution >= 0.6 is 0 Å². The summed E-state index contributed by atoms with van der Waals surface area (Å²) in [6.45, 7) is 3.52. The Balaban J connectivity index is 3.38. The number of hydrogen-bond donors (Lipinski definition) is 2. The van der Waals surface area contributed by atoms with E-state index in [1.165, 1.54) is 32.2 Å². The van der Waals surface area contributed by atoms with Crippen molar-refractivity contribution in [3.63, 3.8) is 0 Å². The van der Waals surface area contributed by atoms with Crippen LogP contribution in [-0.4, -0.2) is 49.0 Å². The van der Waals surface area contributed by atoms with Gasteiger partial charge in [0.15, 0.2) is 4.90 Å². The predicted molar refractivity (Wildman–Crippen MR) is 78.8 cm³/mol. The number of hydrogen-bond acceptors (Lipinski definition) is 6. The van der Waals surface area contributed by atoms with Crippen LogP contribution in [0.15, 0.2) is 23.1 Å². The molecule has 0 aliphatic carbocycles. The van der Waals surface area contributed by atoms with E-state index in [1.54, 1.807) is 0 Å². The fourth-order valence-electron chi connectivity index (χ4n) is 1.70. The fourth-order valence-corrected chi connectivity index (χ4v) is 3.19. The van der Waals surface area contributed by atoms with E-state index in [0.29, 0.717) is 12.2 Å². The number of aliphatic hydroxyl groups is 1. The monoisotopic (exact) mass is 317 g/mol. The Morgan fingerprint density at radius 3 is 2.57 bits per heavy atom. The molecule has 0 spiro atoms. The maximum atomic E-state index is 12.4. The standard InChI is InChI=1S/C12H19N3O5S/c1-4-13-10-5-6-12(11(7-10)15(17)18)21(19,20)14(3)9(2)8-16/h5-7,9,13,16H,4,8H2,1-3H3. The molecule has 1 atom stereocenters. The van der Waals surface area contributed by atoms with E-state index in [9.17, 15) is 18.5 Å². The van der Waals surface area contributed by atoms with Crippen LogP contribution in [0.4, 0.5) is 11.4 Å². The minimum absolute atomic E-state index is 0.376. The molecule has 0 heterocycles. The lowest BCUT2D eigenvalue weighted by molar-refractivity contribution is -0.387. The summed E-state index contributed by atoms with van der Waals surface area (Å²) in [6.07, 6.45) is 0. The predicted octanol–water partition coefficient (Wildman–Crippen LogP) is 1.03. The summed E-state index contributed by atoms with van der Waals surface area (Å²) in [5.74, 6) is 0. The maximum Gasteiger partial charge on any atom is 0.291 e. The number of anilines is 1. The first-order valence-electron chi connectivity index (χ1n) is 6.36. The largest absolute Gasteiger partial charge is 0.395 e. The summed E-state index contributed by atoms with van der Waals surface area (Å²) in [6, 6.07) is 3.18. The Morgan fingerprint density at radius 1 is 1.48 bits per heavy atom. The fraction of sp³-hybridized carbons (Fsp3) is 0.500. The molecule has 118 valence electrons. The Labute approximate surface area is 123 Å². The number of nitrogens with one attached hydrogen (secondary N) is 1. The third-order valence-corrected chi connectivity index (χ3v) is 5.10. The van der Waals surface area contributed by atoms with Gasteiger partial charge in [-0.25, -0.2) is 8.42 Å². The lowest BCUT2D eigenvalue weighted by atomic mass is 10.3. The SMILES string of the molecule is CCNc1ccc(S(=O)(=O)N(C)C(C)CO)c([N+](=O)[O-])c1. The number of nitro benzene ring substituents is 1. The van der Waals surface area contributed by atoms with Gasteiger partial charge in [0, 0.05) is 31.4 Å². The van der Waals surface area contributed by atoms with Crippen LogP contribution < -0.4 is 5.32 Å². The van der Waals surface area contributed by atoms with Gasteiger partial charge in [0.25, 0.3) is 5.69 Å². The van der Waals surface area contributed by atoms with Gasteiger partial charge in [0.05, 0.1) is 11.5 Å². The summed E-state index contributed by atoms with van der Waals surface area (Å²) in [4.78, 5) is 10.0. The van der Waals surface area contributed by atoms with Gasteiger partial charge in [-0.2, -0.15) is 4.31 Å². The van der Waals surface area contributed by atoms with E-state index in [4.69, 9.17) is 5.11 Å². The quantitative estimate of drug-likeness (QED) is 0.573. The van der Waals surface area contributed by atoms with Crippen LogP contribution in [0, 0.1) is 10.1 Å². The molecule has 0 bridgehead atoms. The molecule has 0 aliphatic rings. The van der Waals surface area contributed by atoms with Gasteiger partial charge in [0.1, 0.15) is 0 Å². The van der Waals surface area contributed by atoms with E-state index in [2.05, 4.69) is 5.32 Å². The van der Waals surface area contributed by atoms with Crippen molar-refractivity contribution in [3.05, 3.63) is 28.3 Å². The van der Waals surface area contributed by atoms with Crippen molar-refractivity contribution in [2.75, 3.05) is 25.5 Å². The van der Waals surface area contributed by atoms with Crippen LogP contribution in [0.5, 0.6) is 0 Å². The molecule has 9 heteroatoms. The Hall–Kier alpha value is -1.71. The Kier molecular flexibility index (Phi) is 5.64. The van der Waals surface area contributed by atoms with E-state index in [-0.39, 0.29) is 6.61 Å². The molecule has 0 aliphatic heterocycles. The molecular weight excluding hydrogens is 298 g/mol. The number of aliphatic hydroxyl groups excluding tert-OH is 1. The Morgan fingerprint density at radius 2 is 2.10 bits per heavy atom. The van der Waals surface area contributed by atoms with Crippen LogP contribution in [0.25, 0.3) is 0 Å². The van der Waals surface area contributed by atoms with Crippen molar-refractivity contribution in [1.29, 1.82) is 0 Å². The van der Waals surface area contributed by atoms with Gasteiger partial charge in [-0.15, -0.1) is 0 Å². The van der Waals surface area contributed by atoms with Crippen LogP contribution in [0.2, 0.25) is 0 Å². The van der Waals surface area contributed by atoms with Crippen LogP contribution in [-0.2, 0) is 10.0 Å². The Bertz CT molecular complexity index is 617. The first-order valence-corrected chi connectivity index (χ1v) is 7.80. The normalized spacial score (nSPS) is 13.2. The van der Waals surface area contributed by atoms with Gasteiger partial charge in [-0.05, 0) is 26.0 Å². The molecule has 1 aromatic carbocycles. The molecule has 0 fully saturated rings. The third kappa shape index (κ3) is 3.69. The highest BCUT2D eigenvalue weighted by Gasteiger charge is 2.32. The zero-order chi connectivity index (χ0) is 16.2. The molecule has 0 radical (unpaired) electrons. The zero-order valence-electron chi connectivity index (χ0n) is 12.1. The highest BCUT2D eigenvalue weighted by atomic mass is 32.2. The lowest BCUT2D eigenvalue weighted by Gasteiger charge is -2.22. The molecule has 1 rings (SSSR count). The van der Waals surface area contributed by atoms with Gasteiger partial charge in [-0.1, -0.05) is 0 Å². The van der Waals surface area contributed by atoms with Crippen molar-refractivity contribution < 1.29 is 18.4 Å². The molecule has 1 aromatic rings. The average Bonchev–Trinajstić information content (AvgIpc) is 2.45. The molecule has 0 amide bonds. The summed E-state index contributed by atoms with van der Waals surface area (Å²) in [5, 5.41) is 23.1. The minimum Gasteiger partial charge on any atom is -0.395 e. The van der Waals surface area contributed by atoms with Crippen molar-refractivity contribution in [2.45, 2.75) is 24.8 Å². The van der Waals surface area contributed by atoms with Gasteiger partial charge >= 0.3 is 0 Å². The van der Waals surface area contributed by atoms with Gasteiger partial charge < -0.3 is 10.4 Å². The topological polar surface area (TPSA) is 113 Å². The highest BCUT2D eigenvalue weighted by molar-refractivity contribution is 7.89. The number of benzene rings is 1. The zero-order valence-corrected chi connectivity index (χ0v) is 12.9. The first-order chi connectivity index (χ1) is 9.75. The number of rotatable bonds is 7. The molecular formula is C12H19N3O5S. The van der Waals surface area contributed by atoms with Crippen molar-refractivity contribution >= 4 is 21.4 Å². The summed E-state index contributed by atoms with van der Waals surface area (Å²) in [7, 11) is -2.78. The summed E-state index contributed by atoms with van der Waals surface area (Å²) < 4.78 is 25.8. The van der Waals surface area contributed by atoms with Gasteiger partial charge in [0.2, 0.25) is 10.0 Å². The molecule has 0 saturated carbocycles. The minimum atomic E-state index is -4.05. The van der Waals surface area contributed by atoms with Crippen molar-refractivity contribution in [1.82, 2.24) is 4.31 Å². The average molecular weight is 317 g/mol. The van der Waals surface area contributed by atoms with Crippen LogP contribution in [0.3, 0.4) is 0 Å². The first kappa shape index (κ1) is 17.3. The van der Waals surface area contributed by atoms with E-state index < -0.39 is 31.6 Å². The molecule has 2 N–H and O–H groups in total. The van der Waals surface area contributed by atoms with E-state index in [0.717, 1.165) is 4.31 Å². The van der Waals surface area contributed by atoms with Crippen molar-refractivity contribution in [2.24, 2.45) is 0 Å². The second-order valence-electron chi connectivity index (χ2n) is 4.52. The lowest BCUT2D eigenvalue weighted by Crippen LogP contribution is -2.37. The van der Waals surface area contributed by atoms with E-state index in [1.807, 2.05) is 6.92 Å². The number of nitro groups is 1. The second kappa shape index (κ2) is 6.83. The van der Waals surface area contributed by atoms with Crippen LogP contribution in [0.1, 0.15) is 13.8 Å². The summed E-state index contributed by atoms with van der Waals surface area (Å²) >= 11 is 0. The second-order valence-corrected chi connectivity index (χ2v) is 6.49. The molecule has 0 saturated heterocycles. The molecule has 0 aromatic heterocycles. The number of nitrogens with zero attached hydrogens (tertiary/aromatic N) is 2. The van der Waals surface area contributed by atoms with Gasteiger partial charge in [-0.3, -0.25) is 10.1 Å². The summed E-state index contributed by atoms with van der Waals surface area (Å²) in [5.41, 5.74) is -0.0218. The molecule has 21 heavy (non-hydrogen) atoms. The molecule has 8 nitrogen and oxygen atoms in total. The van der Waals surface area contributed by atoms with E-state index >= 15 is 0 Å². The highest BCUT2D eigenvalue weighted by Crippen LogP contribution is 2.29. The smallest absolute Gasteiger partial charge is 0.291 e. The third-order valence-electron chi connectivity index (χ3n) is 3.08. The van der Waals surface area contributed by atoms with Crippen molar-refractivity contribution in [3.8, 4) is 0 Å².